The highest BCUT2D eigenvalue weighted by molar-refractivity contribution is 6.15. The van der Waals surface area contributed by atoms with Crippen LogP contribution in [0.2, 0.25) is 0 Å². The summed E-state index contributed by atoms with van der Waals surface area (Å²) in [5, 5.41) is 19.8. The number of hydrogen-bond donors (Lipinski definition) is 2. The fraction of sp³-hybridized carbons (Fsp3) is 0. The molecule has 2 N–H and O–H groups in total. The van der Waals surface area contributed by atoms with Crippen LogP contribution in [0, 0.1) is 0 Å². The van der Waals surface area contributed by atoms with Crippen molar-refractivity contribution in [2.24, 2.45) is 10.3 Å². The summed E-state index contributed by atoms with van der Waals surface area (Å²) in [6.07, 6.45) is 2.66. The Hall–Kier alpha value is -1.06. The number of rotatable bonds is 1. The summed E-state index contributed by atoms with van der Waals surface area (Å²) >= 11 is 0. The monoisotopic (exact) mass is 87.0 g/mol. The minimum absolute atomic E-state index is 0.819. The van der Waals surface area contributed by atoms with E-state index in [9.17, 15) is 0 Å². The van der Waals surface area contributed by atoms with E-state index < -0.39 is 0 Å². The van der Waals surface area contributed by atoms with Crippen LogP contribution in [0.1, 0.15) is 0 Å². The van der Waals surface area contributed by atoms with E-state index in [1.807, 2.05) is 6.21 Å². The molecule has 4 heteroatoms. The van der Waals surface area contributed by atoms with Gasteiger partial charge in [0.2, 0.25) is 0 Å². The summed E-state index contributed by atoms with van der Waals surface area (Å²) in [7, 11) is 0. The molecule has 0 unspecified atom stereocenters. The Morgan fingerprint density at radius 3 is 2.33 bits per heavy atom. The summed E-state index contributed by atoms with van der Waals surface area (Å²) in [5.74, 6) is 0. The van der Waals surface area contributed by atoms with Crippen LogP contribution in [-0.4, -0.2) is 22.8 Å². The summed E-state index contributed by atoms with van der Waals surface area (Å²) < 4.78 is 0. The number of oxime groups is 1. The van der Waals surface area contributed by atoms with E-state index in [1.165, 1.54) is 0 Å². The number of hydrogen-bond acceptors (Lipinski definition) is 4. The molecule has 0 spiro atoms. The van der Waals surface area contributed by atoms with Crippen LogP contribution in [0.4, 0.5) is 0 Å². The van der Waals surface area contributed by atoms with E-state index in [0.717, 1.165) is 6.21 Å². The molecule has 0 aromatic rings. The van der Waals surface area contributed by atoms with E-state index in [2.05, 4.69) is 10.3 Å². The predicted molar refractivity (Wildman–Crippen MR) is 19.5 cm³/mol. The van der Waals surface area contributed by atoms with Gasteiger partial charge in [-0.05, 0) is 0 Å². The Morgan fingerprint density at radius 2 is 2.17 bits per heavy atom. The largest absolute Gasteiger partial charge is 0.411 e. The van der Waals surface area contributed by atoms with E-state index in [0.29, 0.717) is 0 Å². The van der Waals surface area contributed by atoms with Gasteiger partial charge in [0, 0.05) is 0 Å². The molecule has 1 radical (unpaired) electrons. The highest BCUT2D eigenvalue weighted by Crippen LogP contribution is 1.45. The van der Waals surface area contributed by atoms with Gasteiger partial charge in [-0.1, -0.05) is 10.3 Å². The van der Waals surface area contributed by atoms with Gasteiger partial charge < -0.3 is 10.4 Å². The maximum absolute atomic E-state index is 7.53. The molecule has 0 aromatic heterocycles. The van der Waals surface area contributed by atoms with Gasteiger partial charge in [-0.15, -0.1) is 0 Å². The van der Waals surface area contributed by atoms with Crippen LogP contribution in [0.15, 0.2) is 10.3 Å². The van der Waals surface area contributed by atoms with Crippen LogP contribution < -0.4 is 0 Å². The predicted octanol–water partition coefficient (Wildman–Crippen LogP) is -0.217. The Balaban J connectivity index is 3.07. The third-order valence-electron chi connectivity index (χ3n) is 0.173. The lowest BCUT2D eigenvalue weighted by molar-refractivity contribution is 0.317. The fourth-order valence-corrected chi connectivity index (χ4v) is 0.0516. The lowest BCUT2D eigenvalue weighted by Crippen LogP contribution is -1.70. The first-order valence-electron chi connectivity index (χ1n) is 1.17. The topological polar surface area (TPSA) is 65.2 Å². The molecular formula is C2H3N2O2. The van der Waals surface area contributed by atoms with Crippen molar-refractivity contribution >= 4 is 12.4 Å². The second kappa shape index (κ2) is 3.94. The molecule has 0 fully saturated rings. The maximum atomic E-state index is 7.53. The summed E-state index contributed by atoms with van der Waals surface area (Å²) in [4.78, 5) is 0. The van der Waals surface area contributed by atoms with E-state index in [-0.39, 0.29) is 0 Å². The Kier molecular flexibility index (Phi) is 3.24. The molecule has 0 heterocycles. The minimum atomic E-state index is 0.819. The number of nitrogens with zero attached hydrogens (tertiary/aromatic N) is 2. The average molecular weight is 87.1 g/mol. The zero-order valence-electron chi connectivity index (χ0n) is 2.87. The lowest BCUT2D eigenvalue weighted by atomic mass is 10.8. The molecule has 0 saturated carbocycles. The molecule has 4 nitrogen and oxygen atoms in total. The SMILES string of the molecule is O/N=[C]\C=N\O. The second-order valence-electron chi connectivity index (χ2n) is 0.474. The molecule has 0 rings (SSSR count). The Morgan fingerprint density at radius 1 is 1.50 bits per heavy atom. The average Bonchev–Trinajstić information content (AvgIpc) is 1.61. The van der Waals surface area contributed by atoms with E-state index >= 15 is 0 Å². The lowest BCUT2D eigenvalue weighted by Gasteiger charge is -1.61. The van der Waals surface area contributed by atoms with Crippen molar-refractivity contribution in [2.75, 3.05) is 0 Å². The molecule has 0 bridgehead atoms. The van der Waals surface area contributed by atoms with Crippen molar-refractivity contribution in [2.45, 2.75) is 0 Å². The van der Waals surface area contributed by atoms with Crippen LogP contribution in [0.25, 0.3) is 0 Å². The van der Waals surface area contributed by atoms with Crippen molar-refractivity contribution in [1.29, 1.82) is 0 Å². The first-order valence-corrected chi connectivity index (χ1v) is 1.17. The normalized spacial score (nSPS) is 11.3. The third kappa shape index (κ3) is 2.94. The molecule has 0 saturated heterocycles. The van der Waals surface area contributed by atoms with Crippen LogP contribution in [0.5, 0.6) is 0 Å². The summed E-state index contributed by atoms with van der Waals surface area (Å²) in [6.45, 7) is 0. The van der Waals surface area contributed by atoms with Gasteiger partial charge in [0.15, 0.2) is 6.21 Å². The molecule has 0 aromatic carbocycles. The van der Waals surface area contributed by atoms with E-state index in [1.54, 1.807) is 0 Å². The zero-order valence-corrected chi connectivity index (χ0v) is 2.87. The molecule has 33 valence electrons. The first kappa shape index (κ1) is 4.94. The van der Waals surface area contributed by atoms with Crippen LogP contribution in [-0.2, 0) is 0 Å². The van der Waals surface area contributed by atoms with Crippen molar-refractivity contribution in [3.05, 3.63) is 0 Å². The van der Waals surface area contributed by atoms with Gasteiger partial charge in [0.1, 0.15) is 0 Å². The molecule has 0 atom stereocenters. The van der Waals surface area contributed by atoms with Crippen molar-refractivity contribution in [1.82, 2.24) is 0 Å². The summed E-state index contributed by atoms with van der Waals surface area (Å²) in [5.41, 5.74) is 0. The minimum Gasteiger partial charge on any atom is -0.411 e. The third-order valence-corrected chi connectivity index (χ3v) is 0.173. The van der Waals surface area contributed by atoms with Gasteiger partial charge >= 0.3 is 0 Å². The smallest absolute Gasteiger partial charge is 0.154 e. The van der Waals surface area contributed by atoms with Crippen molar-refractivity contribution in [3.63, 3.8) is 0 Å². The van der Waals surface area contributed by atoms with Gasteiger partial charge in [-0.2, -0.15) is 0 Å². The first-order chi connectivity index (χ1) is 2.91. The Bertz CT molecular complexity index is 57.9. The van der Waals surface area contributed by atoms with Gasteiger partial charge in [0.05, 0.1) is 6.21 Å². The molecule has 6 heavy (non-hydrogen) atoms. The van der Waals surface area contributed by atoms with Crippen molar-refractivity contribution < 1.29 is 10.4 Å². The van der Waals surface area contributed by atoms with Crippen LogP contribution in [0.3, 0.4) is 0 Å². The van der Waals surface area contributed by atoms with Crippen molar-refractivity contribution in [3.8, 4) is 0 Å². The van der Waals surface area contributed by atoms with Crippen LogP contribution >= 0.6 is 0 Å². The quantitative estimate of drug-likeness (QED) is 0.264. The van der Waals surface area contributed by atoms with Gasteiger partial charge in [-0.3, -0.25) is 0 Å². The highest BCUT2D eigenvalue weighted by Gasteiger charge is 1.57. The van der Waals surface area contributed by atoms with Gasteiger partial charge in [-0.25, -0.2) is 0 Å². The molecular weight excluding hydrogens is 84.0 g/mol. The standard InChI is InChI=1S/C2H3N2O2/c5-3-1-2-4-6/h1,5-6H/b3-1+,4-2?. The summed E-state index contributed by atoms with van der Waals surface area (Å²) in [6, 6.07) is 0. The molecule has 0 aliphatic rings. The highest BCUT2D eigenvalue weighted by atomic mass is 16.4. The second-order valence-corrected chi connectivity index (χ2v) is 0.474. The Labute approximate surface area is 34.4 Å². The zero-order chi connectivity index (χ0) is 4.83. The maximum Gasteiger partial charge on any atom is 0.154 e. The molecule has 0 aliphatic carbocycles. The molecule has 0 aliphatic heterocycles. The fourth-order valence-electron chi connectivity index (χ4n) is 0.0516. The van der Waals surface area contributed by atoms with Gasteiger partial charge in [0.25, 0.3) is 0 Å². The van der Waals surface area contributed by atoms with E-state index in [4.69, 9.17) is 10.4 Å². The molecule has 0 amide bonds.